The van der Waals surface area contributed by atoms with Gasteiger partial charge in [-0.1, -0.05) is 18.2 Å². The Bertz CT molecular complexity index is 1280. The summed E-state index contributed by atoms with van der Waals surface area (Å²) in [5.41, 5.74) is 0.619. The number of hydrogen-bond donors (Lipinski definition) is 1. The summed E-state index contributed by atoms with van der Waals surface area (Å²) in [6.45, 7) is 5.31. The second-order valence-corrected chi connectivity index (χ2v) is 8.54. The van der Waals surface area contributed by atoms with Gasteiger partial charge in [0.05, 0.1) is 28.8 Å². The maximum absolute atomic E-state index is 13.8. The Labute approximate surface area is 177 Å². The Balaban J connectivity index is 1.54. The maximum atomic E-state index is 13.8. The van der Waals surface area contributed by atoms with Crippen molar-refractivity contribution in [2.45, 2.75) is 6.42 Å². The number of nitrogens with one attached hydrogen (secondary N) is 1. The molecule has 0 amide bonds. The SMILES string of the molecule is O=c1c2cc(F)ccc2sc2c(NCCCN3CCOCC3)nc3ccccc3c12. The van der Waals surface area contributed by atoms with E-state index in [4.69, 9.17) is 9.72 Å². The second-order valence-electron chi connectivity index (χ2n) is 7.49. The Hall–Kier alpha value is -2.61. The van der Waals surface area contributed by atoms with E-state index >= 15 is 0 Å². The summed E-state index contributed by atoms with van der Waals surface area (Å²) in [6, 6.07) is 12.0. The van der Waals surface area contributed by atoms with E-state index in [1.165, 1.54) is 23.5 Å². The topological polar surface area (TPSA) is 54.5 Å². The molecular weight excluding hydrogens is 401 g/mol. The van der Waals surface area contributed by atoms with E-state index in [2.05, 4.69) is 10.2 Å². The number of anilines is 1. The van der Waals surface area contributed by atoms with Crippen LogP contribution in [0.4, 0.5) is 10.2 Å². The molecule has 5 rings (SSSR count). The molecule has 1 saturated heterocycles. The zero-order valence-electron chi connectivity index (χ0n) is 16.5. The molecule has 0 radical (unpaired) electrons. The van der Waals surface area contributed by atoms with Crippen molar-refractivity contribution in [3.8, 4) is 0 Å². The van der Waals surface area contributed by atoms with Crippen molar-refractivity contribution < 1.29 is 9.13 Å². The third-order valence-electron chi connectivity index (χ3n) is 5.52. The molecule has 0 saturated carbocycles. The molecule has 3 heterocycles. The van der Waals surface area contributed by atoms with Crippen LogP contribution in [0.2, 0.25) is 0 Å². The number of hydrogen-bond acceptors (Lipinski definition) is 6. The molecule has 0 atom stereocenters. The molecule has 5 nitrogen and oxygen atoms in total. The summed E-state index contributed by atoms with van der Waals surface area (Å²) in [6.07, 6.45) is 0.976. The van der Waals surface area contributed by atoms with E-state index in [0.717, 1.165) is 71.9 Å². The minimum absolute atomic E-state index is 0.145. The first-order valence-corrected chi connectivity index (χ1v) is 11.0. The van der Waals surface area contributed by atoms with Gasteiger partial charge in [-0.2, -0.15) is 0 Å². The molecule has 4 aromatic rings. The summed E-state index contributed by atoms with van der Waals surface area (Å²) in [7, 11) is 0. The van der Waals surface area contributed by atoms with E-state index in [0.29, 0.717) is 10.8 Å². The zero-order chi connectivity index (χ0) is 20.5. The number of para-hydroxylation sites is 1. The van der Waals surface area contributed by atoms with Crippen molar-refractivity contribution in [2.75, 3.05) is 44.7 Å². The predicted molar refractivity (Wildman–Crippen MR) is 121 cm³/mol. The van der Waals surface area contributed by atoms with Crippen LogP contribution in [-0.2, 0) is 4.74 Å². The zero-order valence-corrected chi connectivity index (χ0v) is 17.3. The number of morpholine rings is 1. The smallest absolute Gasteiger partial charge is 0.196 e. The van der Waals surface area contributed by atoms with Gasteiger partial charge in [-0.3, -0.25) is 9.69 Å². The predicted octanol–water partition coefficient (Wildman–Crippen LogP) is 4.24. The van der Waals surface area contributed by atoms with Gasteiger partial charge in [0.25, 0.3) is 0 Å². The molecule has 1 N–H and O–H groups in total. The Kier molecular flexibility index (Phi) is 5.33. The van der Waals surface area contributed by atoms with E-state index in [9.17, 15) is 9.18 Å². The van der Waals surface area contributed by atoms with Crippen LogP contribution in [0.3, 0.4) is 0 Å². The Morgan fingerprint density at radius 2 is 1.97 bits per heavy atom. The highest BCUT2D eigenvalue weighted by Gasteiger charge is 2.15. The number of ether oxygens (including phenoxy) is 1. The number of benzene rings is 2. The van der Waals surface area contributed by atoms with Crippen LogP contribution >= 0.6 is 11.3 Å². The monoisotopic (exact) mass is 423 g/mol. The van der Waals surface area contributed by atoms with Gasteiger partial charge in [0.15, 0.2) is 5.43 Å². The summed E-state index contributed by atoms with van der Waals surface area (Å²) in [5.74, 6) is 0.324. The first-order valence-electron chi connectivity index (χ1n) is 10.2. The molecule has 2 aromatic heterocycles. The van der Waals surface area contributed by atoms with Crippen LogP contribution in [0.1, 0.15) is 6.42 Å². The van der Waals surface area contributed by atoms with Crippen LogP contribution in [0.15, 0.2) is 47.3 Å². The summed E-state index contributed by atoms with van der Waals surface area (Å²) < 4.78 is 20.8. The third-order valence-corrected chi connectivity index (χ3v) is 6.70. The summed E-state index contributed by atoms with van der Waals surface area (Å²) >= 11 is 1.48. The van der Waals surface area contributed by atoms with Gasteiger partial charge in [-0.15, -0.1) is 11.3 Å². The van der Waals surface area contributed by atoms with Crippen molar-refractivity contribution in [2.24, 2.45) is 0 Å². The molecule has 7 heteroatoms. The van der Waals surface area contributed by atoms with Crippen molar-refractivity contribution in [1.29, 1.82) is 0 Å². The lowest BCUT2D eigenvalue weighted by Crippen LogP contribution is -2.37. The average molecular weight is 424 g/mol. The van der Waals surface area contributed by atoms with Crippen LogP contribution in [0.25, 0.3) is 31.1 Å². The number of nitrogens with zero attached hydrogens (tertiary/aromatic N) is 2. The van der Waals surface area contributed by atoms with Crippen molar-refractivity contribution in [3.05, 3.63) is 58.5 Å². The van der Waals surface area contributed by atoms with E-state index in [-0.39, 0.29) is 5.43 Å². The highest BCUT2D eigenvalue weighted by Crippen LogP contribution is 2.34. The van der Waals surface area contributed by atoms with Crippen molar-refractivity contribution in [3.63, 3.8) is 0 Å². The lowest BCUT2D eigenvalue weighted by molar-refractivity contribution is 0.0378. The van der Waals surface area contributed by atoms with Gasteiger partial charge in [0.2, 0.25) is 0 Å². The van der Waals surface area contributed by atoms with Crippen molar-refractivity contribution >= 4 is 48.2 Å². The first-order chi connectivity index (χ1) is 14.7. The number of halogens is 1. The molecule has 2 aromatic carbocycles. The van der Waals surface area contributed by atoms with Crippen LogP contribution in [0.5, 0.6) is 0 Å². The quantitative estimate of drug-likeness (QED) is 0.296. The van der Waals surface area contributed by atoms with Gasteiger partial charge < -0.3 is 10.1 Å². The normalized spacial score (nSPS) is 15.2. The fraction of sp³-hybridized carbons (Fsp3) is 0.304. The first kappa shape index (κ1) is 19.4. The molecule has 0 bridgehead atoms. The lowest BCUT2D eigenvalue weighted by Gasteiger charge is -2.26. The molecule has 1 aliphatic rings. The van der Waals surface area contributed by atoms with E-state index in [1.807, 2.05) is 24.3 Å². The molecular formula is C23H22FN3O2S. The molecule has 1 fully saturated rings. The minimum atomic E-state index is -0.397. The number of rotatable bonds is 5. The Morgan fingerprint density at radius 3 is 2.83 bits per heavy atom. The highest BCUT2D eigenvalue weighted by atomic mass is 32.1. The molecule has 0 aliphatic carbocycles. The summed E-state index contributed by atoms with van der Waals surface area (Å²) in [5, 5.41) is 5.28. The van der Waals surface area contributed by atoms with Gasteiger partial charge in [0.1, 0.15) is 11.6 Å². The average Bonchev–Trinajstić information content (AvgIpc) is 2.78. The largest absolute Gasteiger partial charge is 0.379 e. The highest BCUT2D eigenvalue weighted by molar-refractivity contribution is 7.25. The molecule has 30 heavy (non-hydrogen) atoms. The van der Waals surface area contributed by atoms with Gasteiger partial charge in [0, 0.05) is 35.1 Å². The third kappa shape index (κ3) is 3.64. The second kappa shape index (κ2) is 8.26. The van der Waals surface area contributed by atoms with Gasteiger partial charge in [-0.25, -0.2) is 9.37 Å². The molecule has 1 aliphatic heterocycles. The van der Waals surface area contributed by atoms with Crippen LogP contribution in [0, 0.1) is 5.82 Å². The maximum Gasteiger partial charge on any atom is 0.196 e. The number of pyridine rings is 1. The van der Waals surface area contributed by atoms with Gasteiger partial charge >= 0.3 is 0 Å². The molecule has 0 unspecified atom stereocenters. The fourth-order valence-corrected chi connectivity index (χ4v) is 5.12. The van der Waals surface area contributed by atoms with E-state index < -0.39 is 5.82 Å². The van der Waals surface area contributed by atoms with Crippen LogP contribution < -0.4 is 10.7 Å². The minimum Gasteiger partial charge on any atom is -0.379 e. The van der Waals surface area contributed by atoms with Crippen LogP contribution in [-0.4, -0.2) is 49.3 Å². The summed E-state index contributed by atoms with van der Waals surface area (Å²) in [4.78, 5) is 20.5. The lowest BCUT2D eigenvalue weighted by atomic mass is 10.1. The number of fused-ring (bicyclic) bond motifs is 4. The van der Waals surface area contributed by atoms with Crippen molar-refractivity contribution in [1.82, 2.24) is 9.88 Å². The molecule has 0 spiro atoms. The Morgan fingerprint density at radius 1 is 1.13 bits per heavy atom. The van der Waals surface area contributed by atoms with Gasteiger partial charge in [-0.05, 0) is 37.2 Å². The standard InChI is InChI=1S/C23H22FN3O2S/c24-15-6-7-19-17(14-15)21(28)20-16-4-1-2-5-18(16)26-23(22(20)30-19)25-8-3-9-27-10-12-29-13-11-27/h1-2,4-7,14H,3,8-13H2,(H,25,26). The fourth-order valence-electron chi connectivity index (χ4n) is 3.99. The molecule has 154 valence electrons. The number of aromatic nitrogens is 1. The van der Waals surface area contributed by atoms with E-state index in [1.54, 1.807) is 6.07 Å².